The summed E-state index contributed by atoms with van der Waals surface area (Å²) < 4.78 is 9.88. The summed E-state index contributed by atoms with van der Waals surface area (Å²) in [6, 6.07) is 6.53. The van der Waals surface area contributed by atoms with Gasteiger partial charge in [-0.25, -0.2) is 4.79 Å². The van der Waals surface area contributed by atoms with Crippen molar-refractivity contribution in [3.05, 3.63) is 46.8 Å². The van der Waals surface area contributed by atoms with E-state index >= 15 is 0 Å². The monoisotopic (exact) mass is 402 g/mol. The number of likely N-dealkylation sites (N-methyl/N-ethyl adjacent to an activating group) is 1. The molecular weight excluding hydrogens is 374 g/mol. The second kappa shape index (κ2) is 9.38. The molecular formula is C21H28N3O5+. The third-order valence-electron chi connectivity index (χ3n) is 5.02. The van der Waals surface area contributed by atoms with Gasteiger partial charge in [-0.05, 0) is 50.6 Å². The fourth-order valence-corrected chi connectivity index (χ4v) is 3.13. The summed E-state index contributed by atoms with van der Waals surface area (Å²) in [5.41, 5.74) is 2.53. The number of anilines is 1. The van der Waals surface area contributed by atoms with Gasteiger partial charge >= 0.3 is 5.97 Å². The summed E-state index contributed by atoms with van der Waals surface area (Å²) in [6.45, 7) is 5.30. The highest BCUT2D eigenvalue weighted by Crippen LogP contribution is 2.20. The SMILES string of the molecule is COC(=O)c1c(C)[nH]c(C(=O)[C@H](C)[NH+](C)CC(=O)Nc2ccc(OC)cc2)c1C. The van der Waals surface area contributed by atoms with Crippen molar-refractivity contribution in [2.24, 2.45) is 0 Å². The predicted molar refractivity (Wildman–Crippen MR) is 109 cm³/mol. The summed E-state index contributed by atoms with van der Waals surface area (Å²) in [5.74, 6) is -0.159. The summed E-state index contributed by atoms with van der Waals surface area (Å²) in [6.07, 6.45) is 0. The number of H-pyrrole nitrogens is 1. The van der Waals surface area contributed by atoms with E-state index in [4.69, 9.17) is 9.47 Å². The Kier molecular flexibility index (Phi) is 7.17. The molecule has 0 radical (unpaired) electrons. The normalized spacial score (nSPS) is 12.8. The number of aryl methyl sites for hydroxylation is 1. The average molecular weight is 402 g/mol. The molecule has 156 valence electrons. The number of hydrogen-bond donors (Lipinski definition) is 3. The van der Waals surface area contributed by atoms with E-state index in [1.165, 1.54) is 7.11 Å². The molecule has 0 bridgehead atoms. The molecule has 0 spiro atoms. The van der Waals surface area contributed by atoms with E-state index in [0.29, 0.717) is 34.0 Å². The second-order valence-electron chi connectivity index (χ2n) is 7.00. The van der Waals surface area contributed by atoms with Gasteiger partial charge in [0.05, 0.1) is 32.5 Å². The molecule has 0 saturated heterocycles. The fourth-order valence-electron chi connectivity index (χ4n) is 3.13. The lowest BCUT2D eigenvalue weighted by Gasteiger charge is -2.20. The van der Waals surface area contributed by atoms with Gasteiger partial charge in [0.1, 0.15) is 5.75 Å². The third kappa shape index (κ3) is 5.03. The summed E-state index contributed by atoms with van der Waals surface area (Å²) in [7, 11) is 4.66. The molecule has 8 heteroatoms. The zero-order valence-electron chi connectivity index (χ0n) is 17.6. The summed E-state index contributed by atoms with van der Waals surface area (Å²) in [5, 5.41) is 2.81. The van der Waals surface area contributed by atoms with Gasteiger partial charge in [0.25, 0.3) is 5.91 Å². The summed E-state index contributed by atoms with van der Waals surface area (Å²) in [4.78, 5) is 40.9. The third-order valence-corrected chi connectivity index (χ3v) is 5.02. The van der Waals surface area contributed by atoms with Crippen LogP contribution < -0.4 is 15.0 Å². The number of amides is 1. The van der Waals surface area contributed by atoms with E-state index in [-0.39, 0.29) is 18.2 Å². The van der Waals surface area contributed by atoms with Gasteiger partial charge < -0.3 is 24.7 Å². The molecule has 8 nitrogen and oxygen atoms in total. The Morgan fingerprint density at radius 1 is 1.14 bits per heavy atom. The molecule has 2 atom stereocenters. The van der Waals surface area contributed by atoms with Crippen LogP contribution in [-0.4, -0.2) is 56.5 Å². The van der Waals surface area contributed by atoms with Crippen LogP contribution in [0.3, 0.4) is 0 Å². The quantitative estimate of drug-likeness (QED) is 0.454. The van der Waals surface area contributed by atoms with Gasteiger partial charge in [0, 0.05) is 11.4 Å². The first kappa shape index (κ1) is 22.2. The van der Waals surface area contributed by atoms with Gasteiger partial charge in [-0.2, -0.15) is 0 Å². The molecule has 0 fully saturated rings. The zero-order chi connectivity index (χ0) is 21.7. The number of carbonyl (C=O) groups excluding carboxylic acids is 3. The molecule has 1 amide bonds. The van der Waals surface area contributed by atoms with Gasteiger partial charge in [0.2, 0.25) is 5.78 Å². The Bertz CT molecular complexity index is 902. The molecule has 1 aromatic carbocycles. The van der Waals surface area contributed by atoms with E-state index in [1.54, 1.807) is 59.2 Å². The molecule has 0 aliphatic heterocycles. The van der Waals surface area contributed by atoms with Crippen molar-refractivity contribution >= 4 is 23.3 Å². The number of benzene rings is 1. The van der Waals surface area contributed by atoms with Crippen molar-refractivity contribution < 1.29 is 28.8 Å². The first-order chi connectivity index (χ1) is 13.7. The Morgan fingerprint density at radius 3 is 2.31 bits per heavy atom. The Hall–Kier alpha value is -3.13. The van der Waals surface area contributed by atoms with E-state index < -0.39 is 12.0 Å². The Labute approximate surface area is 170 Å². The largest absolute Gasteiger partial charge is 0.497 e. The molecule has 1 aromatic heterocycles. The molecule has 1 unspecified atom stereocenters. The van der Waals surface area contributed by atoms with E-state index in [0.717, 1.165) is 4.90 Å². The zero-order valence-corrected chi connectivity index (χ0v) is 17.6. The lowest BCUT2D eigenvalue weighted by Crippen LogP contribution is -3.14. The van der Waals surface area contributed by atoms with Crippen molar-refractivity contribution in [1.29, 1.82) is 0 Å². The van der Waals surface area contributed by atoms with Crippen LogP contribution >= 0.6 is 0 Å². The Morgan fingerprint density at radius 2 is 1.76 bits per heavy atom. The number of methoxy groups -OCH3 is 2. The first-order valence-electron chi connectivity index (χ1n) is 9.27. The maximum atomic E-state index is 12.9. The fraction of sp³-hybridized carbons (Fsp3) is 0.381. The molecule has 0 aliphatic carbocycles. The van der Waals surface area contributed by atoms with Crippen LogP contribution in [0, 0.1) is 13.8 Å². The number of ketones is 1. The van der Waals surface area contributed by atoms with Crippen molar-refractivity contribution in [2.45, 2.75) is 26.8 Å². The van der Waals surface area contributed by atoms with Gasteiger partial charge in [-0.1, -0.05) is 0 Å². The smallest absolute Gasteiger partial charge is 0.339 e. The van der Waals surface area contributed by atoms with Crippen LogP contribution in [0.25, 0.3) is 0 Å². The number of carbonyl (C=O) groups is 3. The Balaban J connectivity index is 2.05. The summed E-state index contributed by atoms with van der Waals surface area (Å²) >= 11 is 0. The number of ether oxygens (including phenoxy) is 2. The van der Waals surface area contributed by atoms with Crippen LogP contribution in [0.4, 0.5) is 5.69 Å². The highest BCUT2D eigenvalue weighted by Gasteiger charge is 2.30. The van der Waals surface area contributed by atoms with Gasteiger partial charge in [-0.15, -0.1) is 0 Å². The van der Waals surface area contributed by atoms with Crippen LogP contribution in [0.15, 0.2) is 24.3 Å². The van der Waals surface area contributed by atoms with E-state index in [1.807, 2.05) is 0 Å². The molecule has 2 aromatic rings. The van der Waals surface area contributed by atoms with Crippen LogP contribution in [0.1, 0.15) is 39.0 Å². The number of rotatable bonds is 8. The van der Waals surface area contributed by atoms with Gasteiger partial charge in [0.15, 0.2) is 12.6 Å². The van der Waals surface area contributed by atoms with Gasteiger partial charge in [-0.3, -0.25) is 9.59 Å². The number of aromatic nitrogens is 1. The van der Waals surface area contributed by atoms with Crippen molar-refractivity contribution in [2.75, 3.05) is 33.1 Å². The van der Waals surface area contributed by atoms with E-state index in [9.17, 15) is 14.4 Å². The first-order valence-corrected chi connectivity index (χ1v) is 9.27. The molecule has 2 rings (SSSR count). The number of hydrogen-bond acceptors (Lipinski definition) is 5. The molecule has 0 saturated carbocycles. The van der Waals surface area contributed by atoms with E-state index in [2.05, 4.69) is 10.3 Å². The van der Waals surface area contributed by atoms with Crippen molar-refractivity contribution in [1.82, 2.24) is 4.98 Å². The minimum atomic E-state index is -0.487. The van der Waals surface area contributed by atoms with Crippen molar-refractivity contribution in [3.63, 3.8) is 0 Å². The molecule has 3 N–H and O–H groups in total. The minimum Gasteiger partial charge on any atom is -0.497 e. The molecule has 1 heterocycles. The standard InChI is InChI=1S/C21H27N3O5/c1-12-18(21(27)29-6)13(2)22-19(12)20(26)14(3)24(4)11-17(25)23-15-7-9-16(28-5)10-8-15/h7-10,14,22H,11H2,1-6H3,(H,23,25)/p+1/t14-/m0/s1. The average Bonchev–Trinajstić information content (AvgIpc) is 3.00. The molecule has 0 aliphatic rings. The van der Waals surface area contributed by atoms with Crippen molar-refractivity contribution in [3.8, 4) is 5.75 Å². The second-order valence-corrected chi connectivity index (χ2v) is 7.00. The number of aromatic amines is 1. The maximum absolute atomic E-state index is 12.9. The minimum absolute atomic E-state index is 0.113. The predicted octanol–water partition coefficient (Wildman–Crippen LogP) is 1.15. The number of esters is 1. The maximum Gasteiger partial charge on any atom is 0.339 e. The lowest BCUT2D eigenvalue weighted by molar-refractivity contribution is -0.885. The highest BCUT2D eigenvalue weighted by atomic mass is 16.5. The van der Waals surface area contributed by atoms with Crippen LogP contribution in [-0.2, 0) is 9.53 Å². The number of Topliss-reactive ketones (excluding diaryl/α,β-unsaturated/α-hetero) is 1. The number of quaternary nitrogens is 1. The topological polar surface area (TPSA) is 102 Å². The molecule has 29 heavy (non-hydrogen) atoms. The highest BCUT2D eigenvalue weighted by molar-refractivity contribution is 6.03. The van der Waals surface area contributed by atoms with Crippen LogP contribution in [0.5, 0.6) is 5.75 Å². The number of nitrogens with one attached hydrogen (secondary N) is 3. The van der Waals surface area contributed by atoms with Crippen LogP contribution in [0.2, 0.25) is 0 Å². The lowest BCUT2D eigenvalue weighted by atomic mass is 10.0.